The van der Waals surface area contributed by atoms with E-state index in [0.29, 0.717) is 17.5 Å². The first-order valence-corrected chi connectivity index (χ1v) is 7.81. The molecule has 0 aliphatic rings. The summed E-state index contributed by atoms with van der Waals surface area (Å²) in [5, 5.41) is 12.1. The van der Waals surface area contributed by atoms with Crippen LogP contribution in [-0.2, 0) is 11.3 Å². The summed E-state index contributed by atoms with van der Waals surface area (Å²) in [7, 11) is 0. The molecule has 6 heteroatoms. The van der Waals surface area contributed by atoms with E-state index in [0.717, 1.165) is 0 Å². The van der Waals surface area contributed by atoms with E-state index >= 15 is 0 Å². The van der Waals surface area contributed by atoms with Gasteiger partial charge in [0, 0.05) is 25.6 Å². The average Bonchev–Trinajstić information content (AvgIpc) is 2.79. The number of carbonyl (C=O) groups excluding carboxylic acids is 1. The first-order valence-electron chi connectivity index (χ1n) is 7.81. The highest BCUT2D eigenvalue weighted by Crippen LogP contribution is 2.21. The second-order valence-corrected chi connectivity index (χ2v) is 6.74. The van der Waals surface area contributed by atoms with Crippen molar-refractivity contribution in [1.29, 1.82) is 0 Å². The van der Waals surface area contributed by atoms with Crippen LogP contribution in [0.3, 0.4) is 0 Å². The lowest BCUT2D eigenvalue weighted by Gasteiger charge is -2.31. The number of fused-ring (bicyclic) bond motifs is 1. The summed E-state index contributed by atoms with van der Waals surface area (Å²) < 4.78 is 6.61. The molecule has 1 aromatic carbocycles. The summed E-state index contributed by atoms with van der Waals surface area (Å²) in [5.41, 5.74) is 1.07. The lowest BCUT2D eigenvalue weighted by molar-refractivity contribution is -0.122. The van der Waals surface area contributed by atoms with Crippen LogP contribution in [0.25, 0.3) is 11.1 Å². The zero-order valence-corrected chi connectivity index (χ0v) is 13.8. The van der Waals surface area contributed by atoms with Gasteiger partial charge in [0.15, 0.2) is 5.58 Å². The number of hydrogen-bond acceptors (Lipinski definition) is 4. The topological polar surface area (TPSA) is 84.5 Å². The predicted octanol–water partition coefficient (Wildman–Crippen LogP) is 1.90. The molecule has 0 radical (unpaired) electrons. The Morgan fingerprint density at radius 3 is 2.70 bits per heavy atom. The quantitative estimate of drug-likeness (QED) is 0.851. The monoisotopic (exact) mass is 320 g/mol. The number of nitrogens with one attached hydrogen (secondary N) is 1. The predicted molar refractivity (Wildman–Crippen MR) is 88.2 cm³/mol. The number of amides is 1. The fourth-order valence-electron chi connectivity index (χ4n) is 2.56. The molecule has 2 N–H and O–H groups in total. The minimum Gasteiger partial charge on any atom is -0.408 e. The second kappa shape index (κ2) is 7.00. The van der Waals surface area contributed by atoms with Crippen LogP contribution in [0.15, 0.2) is 33.5 Å². The molecule has 0 saturated heterocycles. The maximum atomic E-state index is 12.2. The van der Waals surface area contributed by atoms with Crippen LogP contribution in [0, 0.1) is 5.41 Å². The largest absolute Gasteiger partial charge is 0.419 e. The molecule has 0 fully saturated rings. The molecule has 0 saturated carbocycles. The number of nitrogens with zero attached hydrogens (tertiary/aromatic N) is 1. The van der Waals surface area contributed by atoms with Crippen molar-refractivity contribution in [1.82, 2.24) is 9.88 Å². The maximum absolute atomic E-state index is 12.2. The van der Waals surface area contributed by atoms with Gasteiger partial charge in [-0.25, -0.2) is 4.79 Å². The van der Waals surface area contributed by atoms with E-state index in [1.54, 1.807) is 18.2 Å². The molecule has 0 aliphatic carbocycles. The molecule has 0 bridgehead atoms. The Labute approximate surface area is 135 Å². The fraction of sp³-hybridized carbons (Fsp3) is 0.529. The standard InChI is InChI=1S/C17H24N2O4/c1-17(2,3)14(9-11-20)18-15(21)8-10-19-12-6-4-5-7-13(12)23-16(19)22/h4-7,14,20H,8-11H2,1-3H3,(H,18,21). The van der Waals surface area contributed by atoms with Gasteiger partial charge >= 0.3 is 5.76 Å². The third-order valence-electron chi connectivity index (χ3n) is 3.93. The lowest BCUT2D eigenvalue weighted by atomic mass is 9.85. The molecular formula is C17H24N2O4. The number of aliphatic hydroxyl groups is 1. The van der Waals surface area contributed by atoms with E-state index in [1.165, 1.54) is 4.57 Å². The van der Waals surface area contributed by atoms with E-state index < -0.39 is 5.76 Å². The number of aliphatic hydroxyl groups excluding tert-OH is 1. The third kappa shape index (κ3) is 4.22. The number of benzene rings is 1. The van der Waals surface area contributed by atoms with Crippen molar-refractivity contribution in [2.24, 2.45) is 5.41 Å². The molecule has 23 heavy (non-hydrogen) atoms. The van der Waals surface area contributed by atoms with Crippen molar-refractivity contribution < 1.29 is 14.3 Å². The molecule has 126 valence electrons. The van der Waals surface area contributed by atoms with Gasteiger partial charge in [0.2, 0.25) is 5.91 Å². The summed E-state index contributed by atoms with van der Waals surface area (Å²) in [5.74, 6) is -0.600. The fourth-order valence-corrected chi connectivity index (χ4v) is 2.56. The van der Waals surface area contributed by atoms with Gasteiger partial charge in [-0.15, -0.1) is 0 Å². The van der Waals surface area contributed by atoms with E-state index in [4.69, 9.17) is 9.52 Å². The van der Waals surface area contributed by atoms with Crippen molar-refractivity contribution in [3.05, 3.63) is 34.8 Å². The van der Waals surface area contributed by atoms with Gasteiger partial charge in [-0.2, -0.15) is 0 Å². The van der Waals surface area contributed by atoms with Crippen molar-refractivity contribution in [3.8, 4) is 0 Å². The van der Waals surface area contributed by atoms with Gasteiger partial charge in [-0.3, -0.25) is 9.36 Å². The summed E-state index contributed by atoms with van der Waals surface area (Å²) in [6.45, 7) is 6.33. The van der Waals surface area contributed by atoms with Gasteiger partial charge in [-0.05, 0) is 24.0 Å². The number of aryl methyl sites for hydroxylation is 1. The zero-order valence-electron chi connectivity index (χ0n) is 13.8. The minimum absolute atomic E-state index is 0.0219. The van der Waals surface area contributed by atoms with Crippen LogP contribution in [0.4, 0.5) is 0 Å². The van der Waals surface area contributed by atoms with Crippen molar-refractivity contribution in [2.45, 2.75) is 46.2 Å². The normalized spacial score (nSPS) is 13.2. The summed E-state index contributed by atoms with van der Waals surface area (Å²) in [6, 6.07) is 7.03. The van der Waals surface area contributed by atoms with E-state index in [2.05, 4.69) is 5.32 Å². The summed E-state index contributed by atoms with van der Waals surface area (Å²) >= 11 is 0. The van der Waals surface area contributed by atoms with Gasteiger partial charge in [-0.1, -0.05) is 32.9 Å². The number of rotatable bonds is 6. The highest BCUT2D eigenvalue weighted by atomic mass is 16.4. The van der Waals surface area contributed by atoms with Crippen LogP contribution in [0.5, 0.6) is 0 Å². The molecule has 1 amide bonds. The highest BCUT2D eigenvalue weighted by molar-refractivity contribution is 5.77. The number of hydrogen-bond donors (Lipinski definition) is 2. The number of para-hydroxylation sites is 2. The van der Waals surface area contributed by atoms with E-state index in [9.17, 15) is 9.59 Å². The Bertz CT molecular complexity index is 724. The lowest BCUT2D eigenvalue weighted by Crippen LogP contribution is -2.44. The molecule has 6 nitrogen and oxygen atoms in total. The van der Waals surface area contributed by atoms with E-state index in [1.807, 2.05) is 26.8 Å². The number of carbonyl (C=O) groups is 1. The van der Waals surface area contributed by atoms with Crippen LogP contribution >= 0.6 is 0 Å². The van der Waals surface area contributed by atoms with E-state index in [-0.39, 0.29) is 36.9 Å². The first kappa shape index (κ1) is 17.3. The van der Waals surface area contributed by atoms with Crippen molar-refractivity contribution in [3.63, 3.8) is 0 Å². The number of oxazole rings is 1. The Balaban J connectivity index is 2.03. The van der Waals surface area contributed by atoms with Gasteiger partial charge in [0.25, 0.3) is 0 Å². The molecule has 1 unspecified atom stereocenters. The first-order chi connectivity index (χ1) is 10.8. The van der Waals surface area contributed by atoms with Crippen LogP contribution in [0.2, 0.25) is 0 Å². The zero-order chi connectivity index (χ0) is 17.0. The molecule has 0 aliphatic heterocycles. The molecular weight excluding hydrogens is 296 g/mol. The van der Waals surface area contributed by atoms with Crippen LogP contribution in [0.1, 0.15) is 33.6 Å². The third-order valence-corrected chi connectivity index (χ3v) is 3.93. The Morgan fingerprint density at radius 1 is 1.35 bits per heavy atom. The SMILES string of the molecule is CC(C)(C)C(CCO)NC(=O)CCn1c(=O)oc2ccccc21. The smallest absolute Gasteiger partial charge is 0.408 e. The minimum atomic E-state index is -0.457. The summed E-state index contributed by atoms with van der Waals surface area (Å²) in [6.07, 6.45) is 0.686. The van der Waals surface area contributed by atoms with Crippen LogP contribution < -0.4 is 11.1 Å². The highest BCUT2D eigenvalue weighted by Gasteiger charge is 2.25. The van der Waals surface area contributed by atoms with Gasteiger partial charge in [0.1, 0.15) is 0 Å². The summed E-state index contributed by atoms with van der Waals surface area (Å²) in [4.78, 5) is 24.0. The maximum Gasteiger partial charge on any atom is 0.419 e. The second-order valence-electron chi connectivity index (χ2n) is 6.74. The number of aromatic nitrogens is 1. The molecule has 1 heterocycles. The molecule has 2 rings (SSSR count). The molecule has 0 spiro atoms. The molecule has 1 aromatic heterocycles. The Kier molecular flexibility index (Phi) is 5.26. The molecule has 2 aromatic rings. The Morgan fingerprint density at radius 2 is 2.04 bits per heavy atom. The average molecular weight is 320 g/mol. The molecule has 1 atom stereocenters. The Hall–Kier alpha value is -2.08. The van der Waals surface area contributed by atoms with Crippen molar-refractivity contribution in [2.75, 3.05) is 6.61 Å². The van der Waals surface area contributed by atoms with Gasteiger partial charge in [0.05, 0.1) is 5.52 Å². The van der Waals surface area contributed by atoms with Crippen LogP contribution in [-0.4, -0.2) is 28.2 Å². The van der Waals surface area contributed by atoms with Gasteiger partial charge < -0.3 is 14.8 Å². The van der Waals surface area contributed by atoms with Crippen molar-refractivity contribution >= 4 is 17.0 Å².